The van der Waals surface area contributed by atoms with Gasteiger partial charge in [0.1, 0.15) is 11.0 Å². The Balaban J connectivity index is 2.66. The van der Waals surface area contributed by atoms with Gasteiger partial charge in [0.05, 0.1) is 18.0 Å². The molecular weight excluding hydrogens is 215 g/mol. The van der Waals surface area contributed by atoms with Crippen molar-refractivity contribution < 1.29 is 4.39 Å². The first-order valence-corrected chi connectivity index (χ1v) is 4.70. The lowest BCUT2D eigenvalue weighted by molar-refractivity contribution is 0.629. The van der Waals surface area contributed by atoms with Gasteiger partial charge in [0.2, 0.25) is 0 Å². The molecule has 0 aliphatic carbocycles. The third-order valence-electron chi connectivity index (χ3n) is 2.08. The van der Waals surface area contributed by atoms with Crippen LogP contribution in [0.5, 0.6) is 0 Å². The fourth-order valence-electron chi connectivity index (χ4n) is 1.37. The summed E-state index contributed by atoms with van der Waals surface area (Å²) in [5, 5.41) is 9.61. The van der Waals surface area contributed by atoms with E-state index in [2.05, 4.69) is 4.98 Å². The maximum atomic E-state index is 12.9. The van der Waals surface area contributed by atoms with Crippen LogP contribution in [0.15, 0.2) is 24.3 Å². The fourth-order valence-corrected chi connectivity index (χ4v) is 1.58. The van der Waals surface area contributed by atoms with E-state index in [0.29, 0.717) is 11.1 Å². The van der Waals surface area contributed by atoms with E-state index in [1.54, 1.807) is 12.1 Å². The van der Waals surface area contributed by atoms with Gasteiger partial charge in [-0.25, -0.2) is 9.37 Å². The molecule has 1 aromatic heterocycles. The predicted octanol–water partition coefficient (Wildman–Crippen LogP) is 3.09. The molecule has 0 bridgehead atoms. The lowest BCUT2D eigenvalue weighted by atomic mass is 10.1. The number of rotatable bonds is 1. The van der Waals surface area contributed by atoms with Crippen molar-refractivity contribution in [2.24, 2.45) is 0 Å². The molecule has 0 unspecified atom stereocenters. The second-order valence-electron chi connectivity index (χ2n) is 3.11. The van der Waals surface area contributed by atoms with Gasteiger partial charge in [-0.05, 0) is 18.2 Å². The average molecular weight is 221 g/mol. The zero-order valence-corrected chi connectivity index (χ0v) is 8.42. The smallest absolute Gasteiger partial charge is 0.134 e. The van der Waals surface area contributed by atoms with Crippen LogP contribution < -0.4 is 0 Å². The first-order chi connectivity index (χ1) is 7.20. The number of halogens is 2. The highest BCUT2D eigenvalue weighted by molar-refractivity contribution is 6.30. The van der Waals surface area contributed by atoms with Crippen molar-refractivity contribution in [3.8, 4) is 6.07 Å². The van der Waals surface area contributed by atoms with Crippen LogP contribution in [0.25, 0.3) is 10.9 Å². The van der Waals surface area contributed by atoms with Gasteiger partial charge in [-0.3, -0.25) is 0 Å². The molecule has 0 spiro atoms. The van der Waals surface area contributed by atoms with E-state index in [0.717, 1.165) is 5.39 Å². The van der Waals surface area contributed by atoms with Gasteiger partial charge >= 0.3 is 0 Å². The van der Waals surface area contributed by atoms with Crippen LogP contribution in [0.1, 0.15) is 5.56 Å². The Bertz CT molecular complexity index is 560. The molecule has 74 valence electrons. The van der Waals surface area contributed by atoms with E-state index >= 15 is 0 Å². The van der Waals surface area contributed by atoms with E-state index in [1.807, 2.05) is 6.07 Å². The molecule has 0 N–H and O–H groups in total. The minimum atomic E-state index is -0.348. The van der Waals surface area contributed by atoms with E-state index in [1.165, 1.54) is 12.1 Å². The molecule has 0 saturated carbocycles. The van der Waals surface area contributed by atoms with E-state index in [4.69, 9.17) is 16.9 Å². The first-order valence-electron chi connectivity index (χ1n) is 4.32. The average Bonchev–Trinajstić information content (AvgIpc) is 2.20. The van der Waals surface area contributed by atoms with Crippen LogP contribution in [-0.2, 0) is 6.42 Å². The van der Waals surface area contributed by atoms with Crippen molar-refractivity contribution in [3.63, 3.8) is 0 Å². The number of nitriles is 1. The summed E-state index contributed by atoms with van der Waals surface area (Å²) < 4.78 is 12.9. The molecule has 0 fully saturated rings. The SMILES string of the molecule is N#CCc1cc2ccc(F)cc2nc1Cl. The summed E-state index contributed by atoms with van der Waals surface area (Å²) in [5.41, 5.74) is 1.17. The lowest BCUT2D eigenvalue weighted by Crippen LogP contribution is -1.89. The van der Waals surface area contributed by atoms with Gasteiger partial charge in [0.25, 0.3) is 0 Å². The first kappa shape index (κ1) is 9.88. The van der Waals surface area contributed by atoms with Crippen molar-refractivity contribution >= 4 is 22.5 Å². The zero-order chi connectivity index (χ0) is 10.8. The molecule has 0 aliphatic heterocycles. The Labute approximate surface area is 90.9 Å². The van der Waals surface area contributed by atoms with Crippen LogP contribution >= 0.6 is 11.6 Å². The monoisotopic (exact) mass is 220 g/mol. The van der Waals surface area contributed by atoms with Crippen molar-refractivity contribution in [2.75, 3.05) is 0 Å². The van der Waals surface area contributed by atoms with Crippen LogP contribution in [-0.4, -0.2) is 4.98 Å². The van der Waals surface area contributed by atoms with Crippen molar-refractivity contribution in [3.05, 3.63) is 40.8 Å². The molecule has 4 heteroatoms. The van der Waals surface area contributed by atoms with Gasteiger partial charge in [0.15, 0.2) is 0 Å². The molecule has 2 aromatic rings. The summed E-state index contributed by atoms with van der Waals surface area (Å²) in [6.45, 7) is 0. The molecular formula is C11H6ClFN2. The number of nitrogens with zero attached hydrogens (tertiary/aromatic N) is 2. The Morgan fingerprint density at radius 1 is 1.40 bits per heavy atom. The summed E-state index contributed by atoms with van der Waals surface area (Å²) in [5.74, 6) is -0.348. The van der Waals surface area contributed by atoms with E-state index < -0.39 is 0 Å². The van der Waals surface area contributed by atoms with Gasteiger partial charge < -0.3 is 0 Å². The Morgan fingerprint density at radius 2 is 2.20 bits per heavy atom. The number of aromatic nitrogens is 1. The topological polar surface area (TPSA) is 36.7 Å². The number of benzene rings is 1. The Morgan fingerprint density at radius 3 is 2.93 bits per heavy atom. The second kappa shape index (κ2) is 3.84. The van der Waals surface area contributed by atoms with Crippen molar-refractivity contribution in [1.82, 2.24) is 4.98 Å². The second-order valence-corrected chi connectivity index (χ2v) is 3.47. The van der Waals surface area contributed by atoms with Crippen LogP contribution in [0.4, 0.5) is 4.39 Å². The fraction of sp³-hybridized carbons (Fsp3) is 0.0909. The minimum Gasteiger partial charge on any atom is -0.236 e. The van der Waals surface area contributed by atoms with Crippen molar-refractivity contribution in [1.29, 1.82) is 5.26 Å². The number of pyridine rings is 1. The molecule has 0 amide bonds. The lowest BCUT2D eigenvalue weighted by Gasteiger charge is -2.02. The molecule has 1 heterocycles. The van der Waals surface area contributed by atoms with Crippen molar-refractivity contribution in [2.45, 2.75) is 6.42 Å². The quantitative estimate of drug-likeness (QED) is 0.693. The number of hydrogen-bond donors (Lipinski definition) is 0. The summed E-state index contributed by atoms with van der Waals surface area (Å²) in [6.07, 6.45) is 0.207. The molecule has 15 heavy (non-hydrogen) atoms. The largest absolute Gasteiger partial charge is 0.236 e. The van der Waals surface area contributed by atoms with Crippen LogP contribution in [0.2, 0.25) is 5.15 Å². The Hall–Kier alpha value is -1.66. The summed E-state index contributed by atoms with van der Waals surface area (Å²) >= 11 is 5.85. The van der Waals surface area contributed by atoms with Crippen LogP contribution in [0.3, 0.4) is 0 Å². The molecule has 2 nitrogen and oxygen atoms in total. The van der Waals surface area contributed by atoms with Gasteiger partial charge in [-0.15, -0.1) is 0 Å². The minimum absolute atomic E-state index is 0.207. The molecule has 2 rings (SSSR count). The van der Waals surface area contributed by atoms with E-state index in [9.17, 15) is 4.39 Å². The Kier molecular flexibility index (Phi) is 2.53. The molecule has 0 saturated heterocycles. The normalized spacial score (nSPS) is 10.2. The molecule has 1 aromatic carbocycles. The third kappa shape index (κ3) is 1.90. The number of hydrogen-bond acceptors (Lipinski definition) is 2. The summed E-state index contributed by atoms with van der Waals surface area (Å²) in [6, 6.07) is 8.05. The maximum absolute atomic E-state index is 12.9. The summed E-state index contributed by atoms with van der Waals surface area (Å²) in [7, 11) is 0. The molecule has 0 atom stereocenters. The van der Waals surface area contributed by atoms with Gasteiger partial charge in [0, 0.05) is 17.0 Å². The highest BCUT2D eigenvalue weighted by Gasteiger charge is 2.05. The zero-order valence-electron chi connectivity index (χ0n) is 7.67. The van der Waals surface area contributed by atoms with E-state index in [-0.39, 0.29) is 17.4 Å². The van der Waals surface area contributed by atoms with Crippen LogP contribution in [0, 0.1) is 17.1 Å². The highest BCUT2D eigenvalue weighted by atomic mass is 35.5. The standard InChI is InChI=1S/C11H6ClFN2/c12-11-8(3-4-14)5-7-1-2-9(13)6-10(7)15-11/h1-2,5-6H,3H2. The third-order valence-corrected chi connectivity index (χ3v) is 2.40. The number of fused-ring (bicyclic) bond motifs is 1. The predicted molar refractivity (Wildman–Crippen MR) is 56.0 cm³/mol. The maximum Gasteiger partial charge on any atom is 0.134 e. The molecule has 0 aliphatic rings. The highest BCUT2D eigenvalue weighted by Crippen LogP contribution is 2.21. The van der Waals surface area contributed by atoms with Gasteiger partial charge in [-0.1, -0.05) is 11.6 Å². The van der Waals surface area contributed by atoms with Gasteiger partial charge in [-0.2, -0.15) is 5.26 Å². The summed E-state index contributed by atoms with van der Waals surface area (Å²) in [4.78, 5) is 4.03. The molecule has 0 radical (unpaired) electrons.